The van der Waals surface area contributed by atoms with Crippen LogP contribution in [0.1, 0.15) is 26.7 Å². The summed E-state index contributed by atoms with van der Waals surface area (Å²) in [6.45, 7) is 3.97. The Morgan fingerprint density at radius 3 is 2.60 bits per heavy atom. The van der Waals surface area contributed by atoms with Crippen LogP contribution in [0.15, 0.2) is 0 Å². The van der Waals surface area contributed by atoms with E-state index in [-0.39, 0.29) is 12.1 Å². The molecular formula is C7H16N2O. The summed E-state index contributed by atoms with van der Waals surface area (Å²) in [5.74, 6) is 0. The average Bonchev–Trinajstić information content (AvgIpc) is 1.86. The van der Waals surface area contributed by atoms with Crippen LogP contribution in [0.2, 0.25) is 0 Å². The predicted molar refractivity (Wildman–Crippen MR) is 41.5 cm³/mol. The van der Waals surface area contributed by atoms with E-state index in [0.717, 1.165) is 19.3 Å². The lowest BCUT2D eigenvalue weighted by molar-refractivity contribution is -0.110. The summed E-state index contributed by atoms with van der Waals surface area (Å²) in [6, 6.07) is 0.412. The van der Waals surface area contributed by atoms with Crippen LogP contribution >= 0.6 is 0 Å². The van der Waals surface area contributed by atoms with Crippen molar-refractivity contribution in [2.24, 2.45) is 5.73 Å². The monoisotopic (exact) mass is 144 g/mol. The van der Waals surface area contributed by atoms with Gasteiger partial charge in [-0.3, -0.25) is 4.79 Å². The molecular weight excluding hydrogens is 128 g/mol. The molecule has 0 heterocycles. The summed E-state index contributed by atoms with van der Waals surface area (Å²) in [7, 11) is 0. The van der Waals surface area contributed by atoms with E-state index in [4.69, 9.17) is 5.73 Å². The number of nitrogens with two attached hydrogens (primary N) is 1. The van der Waals surface area contributed by atoms with Gasteiger partial charge in [-0.15, -0.1) is 0 Å². The first-order chi connectivity index (χ1) is 4.70. The molecule has 0 aliphatic carbocycles. The number of rotatable bonds is 5. The highest BCUT2D eigenvalue weighted by atomic mass is 16.1. The summed E-state index contributed by atoms with van der Waals surface area (Å²) < 4.78 is 0. The van der Waals surface area contributed by atoms with E-state index in [1.807, 2.05) is 13.8 Å². The van der Waals surface area contributed by atoms with Crippen LogP contribution < -0.4 is 11.1 Å². The molecule has 0 aromatic heterocycles. The van der Waals surface area contributed by atoms with Crippen LogP contribution in [0.25, 0.3) is 0 Å². The van der Waals surface area contributed by atoms with Crippen LogP contribution in [-0.4, -0.2) is 18.5 Å². The minimum Gasteiger partial charge on any atom is -0.356 e. The van der Waals surface area contributed by atoms with Gasteiger partial charge in [0.05, 0.1) is 0 Å². The molecule has 2 unspecified atom stereocenters. The van der Waals surface area contributed by atoms with Gasteiger partial charge in [0.25, 0.3) is 0 Å². The Morgan fingerprint density at radius 1 is 1.70 bits per heavy atom. The molecule has 1 amide bonds. The quantitative estimate of drug-likeness (QED) is 0.543. The zero-order chi connectivity index (χ0) is 7.98. The summed E-state index contributed by atoms with van der Waals surface area (Å²) in [5.41, 5.74) is 5.54. The molecule has 10 heavy (non-hydrogen) atoms. The van der Waals surface area contributed by atoms with Gasteiger partial charge in [0.15, 0.2) is 0 Å². The van der Waals surface area contributed by atoms with E-state index in [1.165, 1.54) is 0 Å². The van der Waals surface area contributed by atoms with E-state index in [2.05, 4.69) is 5.32 Å². The fourth-order valence-electron chi connectivity index (χ4n) is 0.898. The van der Waals surface area contributed by atoms with Gasteiger partial charge in [-0.05, 0) is 19.8 Å². The molecule has 2 atom stereocenters. The number of hydrogen-bond donors (Lipinski definition) is 2. The third kappa shape index (κ3) is 4.32. The van der Waals surface area contributed by atoms with Crippen molar-refractivity contribution < 1.29 is 4.79 Å². The van der Waals surface area contributed by atoms with Crippen molar-refractivity contribution in [2.45, 2.75) is 38.8 Å². The molecule has 0 aromatic carbocycles. The van der Waals surface area contributed by atoms with Gasteiger partial charge >= 0.3 is 0 Å². The van der Waals surface area contributed by atoms with Crippen molar-refractivity contribution in [1.29, 1.82) is 0 Å². The molecule has 0 aromatic rings. The summed E-state index contributed by atoms with van der Waals surface area (Å²) in [5, 5.41) is 2.70. The second-order valence-corrected chi connectivity index (χ2v) is 2.60. The Hall–Kier alpha value is -0.570. The highest BCUT2D eigenvalue weighted by Gasteiger charge is 2.05. The average molecular weight is 144 g/mol. The molecule has 0 bridgehead atoms. The van der Waals surface area contributed by atoms with Crippen molar-refractivity contribution in [3.63, 3.8) is 0 Å². The summed E-state index contributed by atoms with van der Waals surface area (Å²) in [4.78, 5) is 10.0. The van der Waals surface area contributed by atoms with Crippen LogP contribution in [-0.2, 0) is 4.79 Å². The lowest BCUT2D eigenvalue weighted by atomic mass is 10.1. The van der Waals surface area contributed by atoms with E-state index in [1.54, 1.807) is 0 Å². The Morgan fingerprint density at radius 2 is 2.30 bits per heavy atom. The third-order valence-electron chi connectivity index (χ3n) is 1.45. The van der Waals surface area contributed by atoms with Crippen LogP contribution in [0.5, 0.6) is 0 Å². The minimum atomic E-state index is 0.164. The maximum absolute atomic E-state index is 10.0. The molecule has 0 aliphatic heterocycles. The van der Waals surface area contributed by atoms with Gasteiger partial charge in [-0.25, -0.2) is 0 Å². The van der Waals surface area contributed by atoms with Gasteiger partial charge in [0.2, 0.25) is 6.41 Å². The molecule has 0 spiro atoms. The lowest BCUT2D eigenvalue weighted by Gasteiger charge is -2.15. The Balaban J connectivity index is 3.48. The summed E-state index contributed by atoms with van der Waals surface area (Å²) in [6.07, 6.45) is 2.53. The number of hydrogen-bond acceptors (Lipinski definition) is 2. The second kappa shape index (κ2) is 5.23. The van der Waals surface area contributed by atoms with Crippen molar-refractivity contribution in [1.82, 2.24) is 5.32 Å². The van der Waals surface area contributed by atoms with Gasteiger partial charge in [0, 0.05) is 12.1 Å². The fraction of sp³-hybridized carbons (Fsp3) is 0.857. The predicted octanol–water partition coefficient (Wildman–Crippen LogP) is 0.248. The molecule has 3 heteroatoms. The van der Waals surface area contributed by atoms with E-state index >= 15 is 0 Å². The Labute approximate surface area is 62.0 Å². The first-order valence-corrected chi connectivity index (χ1v) is 3.66. The van der Waals surface area contributed by atoms with Crippen molar-refractivity contribution in [3.05, 3.63) is 0 Å². The van der Waals surface area contributed by atoms with Crippen molar-refractivity contribution >= 4 is 6.41 Å². The van der Waals surface area contributed by atoms with Gasteiger partial charge < -0.3 is 11.1 Å². The van der Waals surface area contributed by atoms with Gasteiger partial charge in [-0.2, -0.15) is 0 Å². The zero-order valence-electron chi connectivity index (χ0n) is 6.63. The maximum Gasteiger partial charge on any atom is 0.207 e. The second-order valence-electron chi connectivity index (χ2n) is 2.60. The molecule has 3 nitrogen and oxygen atoms in total. The van der Waals surface area contributed by atoms with Crippen molar-refractivity contribution in [3.8, 4) is 0 Å². The molecule has 60 valence electrons. The smallest absolute Gasteiger partial charge is 0.207 e. The fourth-order valence-corrected chi connectivity index (χ4v) is 0.898. The van der Waals surface area contributed by atoms with Crippen LogP contribution in [0, 0.1) is 0 Å². The first kappa shape index (κ1) is 9.43. The Kier molecular flexibility index (Phi) is 4.94. The highest BCUT2D eigenvalue weighted by Crippen LogP contribution is 1.98. The molecule has 3 N–H and O–H groups in total. The van der Waals surface area contributed by atoms with E-state index in [9.17, 15) is 4.79 Å². The summed E-state index contributed by atoms with van der Waals surface area (Å²) >= 11 is 0. The van der Waals surface area contributed by atoms with Gasteiger partial charge in [-0.1, -0.05) is 6.92 Å². The number of carbonyl (C=O) groups is 1. The highest BCUT2D eigenvalue weighted by molar-refractivity contribution is 5.46. The zero-order valence-corrected chi connectivity index (χ0v) is 6.63. The first-order valence-electron chi connectivity index (χ1n) is 3.66. The Bertz CT molecular complexity index is 93.6. The number of nitrogens with one attached hydrogen (secondary N) is 1. The molecule has 0 aliphatic rings. The third-order valence-corrected chi connectivity index (χ3v) is 1.45. The molecule has 0 fully saturated rings. The standard InChI is InChI=1S/C7H16N2O/c1-3-7(9-5-10)4-6(2)8/h5-7H,3-4,8H2,1-2H3,(H,9,10). The van der Waals surface area contributed by atoms with Gasteiger partial charge in [0.1, 0.15) is 0 Å². The number of amides is 1. The SMILES string of the molecule is CCC(CC(C)N)NC=O. The molecule has 0 saturated carbocycles. The molecule has 0 radical (unpaired) electrons. The molecule has 0 saturated heterocycles. The van der Waals surface area contributed by atoms with Crippen LogP contribution in [0.3, 0.4) is 0 Å². The van der Waals surface area contributed by atoms with Crippen LogP contribution in [0.4, 0.5) is 0 Å². The maximum atomic E-state index is 10.0. The van der Waals surface area contributed by atoms with Crippen molar-refractivity contribution in [2.75, 3.05) is 0 Å². The minimum absolute atomic E-state index is 0.164. The largest absolute Gasteiger partial charge is 0.356 e. The van der Waals surface area contributed by atoms with E-state index in [0.29, 0.717) is 0 Å². The molecule has 0 rings (SSSR count). The normalized spacial score (nSPS) is 15.9. The lowest BCUT2D eigenvalue weighted by Crippen LogP contribution is -2.33. The number of carbonyl (C=O) groups excluding carboxylic acids is 1. The topological polar surface area (TPSA) is 55.1 Å². The van der Waals surface area contributed by atoms with E-state index < -0.39 is 0 Å².